The second-order valence-corrected chi connectivity index (χ2v) is 6.56. The molecule has 0 spiro atoms. The molecule has 0 saturated heterocycles. The Morgan fingerprint density at radius 3 is 2.40 bits per heavy atom. The van der Waals surface area contributed by atoms with Crippen LogP contribution in [0.4, 0.5) is 0 Å². The molecule has 0 saturated carbocycles. The third-order valence-corrected chi connectivity index (χ3v) is 4.91. The van der Waals surface area contributed by atoms with E-state index in [4.69, 9.17) is 0 Å². The highest BCUT2D eigenvalue weighted by Crippen LogP contribution is 2.29. The minimum atomic E-state index is 0.773. The van der Waals surface area contributed by atoms with Gasteiger partial charge in [0, 0.05) is 16.3 Å². The number of carbonyl (C=O) groups is 1. The van der Waals surface area contributed by atoms with Gasteiger partial charge in [0.15, 0.2) is 6.29 Å². The molecule has 15 heavy (non-hydrogen) atoms. The third kappa shape index (κ3) is 2.31. The molecule has 0 unspecified atom stereocenters. The van der Waals surface area contributed by atoms with Crippen molar-refractivity contribution in [3.8, 4) is 0 Å². The zero-order chi connectivity index (χ0) is 11.0. The summed E-state index contributed by atoms with van der Waals surface area (Å²) in [5, 5.41) is 2.38. The zero-order valence-corrected chi connectivity index (χ0v) is 13.9. The molecular weight excluding hydrogens is 529 g/mol. The molecule has 0 N–H and O–H groups in total. The second-order valence-electron chi connectivity index (χ2n) is 3.07. The molecule has 1 nitrogen and oxygen atoms in total. The summed E-state index contributed by atoms with van der Waals surface area (Å²) in [6, 6.07) is 8.24. The number of halogens is 3. The lowest BCUT2D eigenvalue weighted by Crippen LogP contribution is -1.91. The van der Waals surface area contributed by atoms with Crippen LogP contribution in [0.5, 0.6) is 0 Å². The Kier molecular flexibility index (Phi) is 3.87. The molecular formula is C11H5I3O. The SMILES string of the molecule is O=Cc1cc(I)c2ccc(I)cc2c1I. The Morgan fingerprint density at radius 2 is 1.73 bits per heavy atom. The van der Waals surface area contributed by atoms with E-state index in [9.17, 15) is 4.79 Å². The topological polar surface area (TPSA) is 17.1 Å². The van der Waals surface area contributed by atoms with Crippen LogP contribution in [-0.4, -0.2) is 6.29 Å². The lowest BCUT2D eigenvalue weighted by atomic mass is 10.1. The van der Waals surface area contributed by atoms with Crippen molar-refractivity contribution in [2.45, 2.75) is 0 Å². The highest BCUT2D eigenvalue weighted by atomic mass is 127. The van der Waals surface area contributed by atoms with E-state index in [1.807, 2.05) is 6.07 Å². The van der Waals surface area contributed by atoms with E-state index in [2.05, 4.69) is 86.0 Å². The van der Waals surface area contributed by atoms with Crippen molar-refractivity contribution in [1.82, 2.24) is 0 Å². The zero-order valence-electron chi connectivity index (χ0n) is 7.43. The molecule has 4 heteroatoms. The number of fused-ring (bicyclic) bond motifs is 1. The maximum Gasteiger partial charge on any atom is 0.151 e. The Balaban J connectivity index is 2.94. The molecule has 0 aromatic heterocycles. The molecule has 76 valence electrons. The predicted molar refractivity (Wildman–Crippen MR) is 87.5 cm³/mol. The molecule has 0 bridgehead atoms. The van der Waals surface area contributed by atoms with Crippen molar-refractivity contribution >= 4 is 84.8 Å². The van der Waals surface area contributed by atoms with Gasteiger partial charge < -0.3 is 0 Å². The standard InChI is InChI=1S/C11H5I3O/c12-7-1-2-8-9(4-7)11(14)6(5-15)3-10(8)13/h1-5H. The van der Waals surface area contributed by atoms with Crippen LogP contribution < -0.4 is 0 Å². The Hall–Kier alpha value is 0.560. The van der Waals surface area contributed by atoms with Crippen LogP contribution in [0.1, 0.15) is 10.4 Å². The van der Waals surface area contributed by atoms with Crippen molar-refractivity contribution in [1.29, 1.82) is 0 Å². The lowest BCUT2D eigenvalue weighted by molar-refractivity contribution is 0.112. The second kappa shape index (κ2) is 4.82. The Morgan fingerprint density at radius 1 is 1.00 bits per heavy atom. The van der Waals surface area contributed by atoms with Gasteiger partial charge in [-0.05, 0) is 96.7 Å². The summed E-state index contributed by atoms with van der Waals surface area (Å²) in [6.07, 6.45) is 0.920. The minimum Gasteiger partial charge on any atom is -0.298 e. The fraction of sp³-hybridized carbons (Fsp3) is 0. The summed E-state index contributed by atoms with van der Waals surface area (Å²) in [6.45, 7) is 0. The third-order valence-electron chi connectivity index (χ3n) is 2.14. The van der Waals surface area contributed by atoms with Crippen molar-refractivity contribution in [2.75, 3.05) is 0 Å². The van der Waals surface area contributed by atoms with Crippen LogP contribution in [0, 0.1) is 10.7 Å². The number of rotatable bonds is 1. The van der Waals surface area contributed by atoms with Crippen LogP contribution in [0.2, 0.25) is 0 Å². The lowest BCUT2D eigenvalue weighted by Gasteiger charge is -2.06. The molecule has 0 aliphatic heterocycles. The fourth-order valence-corrected chi connectivity index (χ4v) is 3.45. The van der Waals surface area contributed by atoms with Gasteiger partial charge >= 0.3 is 0 Å². The van der Waals surface area contributed by atoms with Crippen molar-refractivity contribution in [3.05, 3.63) is 40.5 Å². The van der Waals surface area contributed by atoms with Gasteiger partial charge in [0.2, 0.25) is 0 Å². The Bertz CT molecular complexity index is 549. The number of hydrogen-bond donors (Lipinski definition) is 0. The summed E-state index contributed by atoms with van der Waals surface area (Å²) < 4.78 is 3.36. The van der Waals surface area contributed by atoms with Gasteiger partial charge in [-0.15, -0.1) is 0 Å². The van der Waals surface area contributed by atoms with Crippen molar-refractivity contribution in [2.24, 2.45) is 0 Å². The van der Waals surface area contributed by atoms with E-state index in [1.165, 1.54) is 8.96 Å². The van der Waals surface area contributed by atoms with Crippen LogP contribution in [0.3, 0.4) is 0 Å². The normalized spacial score (nSPS) is 10.6. The summed E-state index contributed by atoms with van der Waals surface area (Å²) in [5.74, 6) is 0. The van der Waals surface area contributed by atoms with E-state index in [0.29, 0.717) is 0 Å². The molecule has 2 aromatic carbocycles. The van der Waals surface area contributed by atoms with Gasteiger partial charge in [-0.3, -0.25) is 4.79 Å². The summed E-state index contributed by atoms with van der Waals surface area (Å²) in [4.78, 5) is 10.9. The van der Waals surface area contributed by atoms with Gasteiger partial charge in [0.1, 0.15) is 0 Å². The van der Waals surface area contributed by atoms with E-state index in [-0.39, 0.29) is 0 Å². The Labute approximate surface area is 128 Å². The molecule has 0 amide bonds. The minimum absolute atomic E-state index is 0.773. The van der Waals surface area contributed by atoms with Crippen molar-refractivity contribution in [3.63, 3.8) is 0 Å². The molecule has 0 atom stereocenters. The van der Waals surface area contributed by atoms with Gasteiger partial charge in [0.05, 0.1) is 0 Å². The largest absolute Gasteiger partial charge is 0.298 e. The first-order valence-electron chi connectivity index (χ1n) is 4.16. The fourth-order valence-electron chi connectivity index (χ4n) is 1.43. The molecule has 0 aliphatic carbocycles. The van der Waals surface area contributed by atoms with Gasteiger partial charge in [-0.1, -0.05) is 6.07 Å². The maximum atomic E-state index is 10.9. The van der Waals surface area contributed by atoms with E-state index < -0.39 is 0 Å². The first kappa shape index (κ1) is 12.0. The van der Waals surface area contributed by atoms with Crippen LogP contribution in [0.15, 0.2) is 24.3 Å². The molecule has 2 rings (SSSR count). The van der Waals surface area contributed by atoms with Crippen LogP contribution in [0.25, 0.3) is 10.8 Å². The van der Waals surface area contributed by atoms with E-state index >= 15 is 0 Å². The average Bonchev–Trinajstić information content (AvgIpc) is 2.23. The van der Waals surface area contributed by atoms with Gasteiger partial charge in [0.25, 0.3) is 0 Å². The predicted octanol–water partition coefficient (Wildman–Crippen LogP) is 4.47. The number of benzene rings is 2. The van der Waals surface area contributed by atoms with Crippen LogP contribution >= 0.6 is 67.8 Å². The van der Waals surface area contributed by atoms with Crippen LogP contribution in [-0.2, 0) is 0 Å². The monoisotopic (exact) mass is 534 g/mol. The number of aldehydes is 1. The van der Waals surface area contributed by atoms with E-state index in [1.54, 1.807) is 0 Å². The average molecular weight is 534 g/mol. The molecule has 0 radical (unpaired) electrons. The highest BCUT2D eigenvalue weighted by molar-refractivity contribution is 14.1. The van der Waals surface area contributed by atoms with E-state index in [0.717, 1.165) is 24.4 Å². The summed E-state index contributed by atoms with van der Waals surface area (Å²) >= 11 is 6.79. The summed E-state index contributed by atoms with van der Waals surface area (Å²) in [5.41, 5.74) is 0.773. The van der Waals surface area contributed by atoms with Crippen molar-refractivity contribution < 1.29 is 4.79 Å². The first-order chi connectivity index (χ1) is 7.13. The molecule has 2 aromatic rings. The first-order valence-corrected chi connectivity index (χ1v) is 7.39. The number of hydrogen-bond acceptors (Lipinski definition) is 1. The van der Waals surface area contributed by atoms with Gasteiger partial charge in [-0.2, -0.15) is 0 Å². The maximum absolute atomic E-state index is 10.9. The molecule has 0 aliphatic rings. The highest BCUT2D eigenvalue weighted by Gasteiger charge is 2.08. The quantitative estimate of drug-likeness (QED) is 0.391. The molecule has 0 fully saturated rings. The number of carbonyl (C=O) groups excluding carboxylic acids is 1. The van der Waals surface area contributed by atoms with Gasteiger partial charge in [-0.25, -0.2) is 0 Å². The molecule has 0 heterocycles. The smallest absolute Gasteiger partial charge is 0.151 e. The summed E-state index contributed by atoms with van der Waals surface area (Å²) in [7, 11) is 0.